The van der Waals surface area contributed by atoms with Gasteiger partial charge in [-0.2, -0.15) is 0 Å². The molecule has 0 spiro atoms. The van der Waals surface area contributed by atoms with Crippen molar-refractivity contribution in [2.24, 2.45) is 0 Å². The van der Waals surface area contributed by atoms with E-state index < -0.39 is 6.04 Å². The Morgan fingerprint density at radius 1 is 1.00 bits per heavy atom. The predicted octanol–water partition coefficient (Wildman–Crippen LogP) is 2.76. The highest BCUT2D eigenvalue weighted by molar-refractivity contribution is 5.93. The Bertz CT molecular complexity index is 859. The maximum absolute atomic E-state index is 11.9. The van der Waals surface area contributed by atoms with Crippen molar-refractivity contribution < 1.29 is 4.92 Å². The molecule has 6 nitrogen and oxygen atoms in total. The first-order chi connectivity index (χ1) is 11.8. The van der Waals surface area contributed by atoms with Gasteiger partial charge in [0, 0.05) is 23.5 Å². The van der Waals surface area contributed by atoms with Crippen LogP contribution in [-0.4, -0.2) is 31.9 Å². The van der Waals surface area contributed by atoms with Crippen LogP contribution in [0.2, 0.25) is 0 Å². The zero-order chi connectivity index (χ0) is 16.5. The van der Waals surface area contributed by atoms with E-state index in [2.05, 4.69) is 9.97 Å². The van der Waals surface area contributed by atoms with Crippen molar-refractivity contribution in [3.05, 3.63) is 94.7 Å². The van der Waals surface area contributed by atoms with Crippen molar-refractivity contribution in [2.75, 3.05) is 0 Å². The Kier molecular flexibility index (Phi) is 3.42. The highest BCUT2D eigenvalue weighted by Gasteiger charge is 2.48. The molecule has 6 heteroatoms. The number of rotatable bonds is 3. The van der Waals surface area contributed by atoms with Crippen molar-refractivity contribution >= 4 is 11.3 Å². The Hall–Kier alpha value is -3.28. The van der Waals surface area contributed by atoms with Crippen molar-refractivity contribution in [2.45, 2.75) is 12.1 Å². The fraction of sp³-hybridized carbons (Fsp3) is 0.111. The lowest BCUT2D eigenvalue weighted by atomic mass is 9.98. The largest absolute Gasteiger partial charge is 0.331 e. The molecule has 2 atom stereocenters. The molecule has 0 aliphatic carbocycles. The second kappa shape index (κ2) is 5.73. The zero-order valence-corrected chi connectivity index (χ0v) is 12.7. The molecule has 24 heavy (non-hydrogen) atoms. The van der Waals surface area contributed by atoms with Gasteiger partial charge in [0.2, 0.25) is 0 Å². The molecule has 2 aromatic rings. The number of nitrogens with zero attached hydrogens (tertiary/aromatic N) is 4. The van der Waals surface area contributed by atoms with Crippen LogP contribution in [0.5, 0.6) is 0 Å². The van der Waals surface area contributed by atoms with E-state index in [4.69, 9.17) is 0 Å². The maximum atomic E-state index is 11.9. The van der Waals surface area contributed by atoms with Gasteiger partial charge in [-0.25, -0.2) is 0 Å². The summed E-state index contributed by atoms with van der Waals surface area (Å²) < 4.78 is 0. The lowest BCUT2D eigenvalue weighted by Crippen LogP contribution is -2.37. The van der Waals surface area contributed by atoms with Gasteiger partial charge in [-0.1, -0.05) is 24.3 Å². The summed E-state index contributed by atoms with van der Waals surface area (Å²) in [5, 5.41) is 11.9. The fourth-order valence-corrected chi connectivity index (χ4v) is 3.24. The van der Waals surface area contributed by atoms with Crippen molar-refractivity contribution in [1.29, 1.82) is 0 Å². The van der Waals surface area contributed by atoms with Gasteiger partial charge >= 0.3 is 0 Å². The molecule has 0 saturated carbocycles. The van der Waals surface area contributed by atoms with Gasteiger partial charge in [-0.15, -0.1) is 0 Å². The van der Waals surface area contributed by atoms with E-state index in [1.165, 1.54) is 0 Å². The molecule has 2 aliphatic heterocycles. The fourth-order valence-electron chi connectivity index (χ4n) is 3.24. The molecular formula is C18H14N4O2. The zero-order valence-electron chi connectivity index (χ0n) is 12.7. The van der Waals surface area contributed by atoms with Gasteiger partial charge in [0.15, 0.2) is 0 Å². The summed E-state index contributed by atoms with van der Waals surface area (Å²) in [6, 6.07) is 9.75. The van der Waals surface area contributed by atoms with Gasteiger partial charge in [-0.3, -0.25) is 20.1 Å². The smallest absolute Gasteiger partial charge is 0.266 e. The molecule has 4 rings (SSSR count). The summed E-state index contributed by atoms with van der Waals surface area (Å²) in [7, 11) is 0. The van der Waals surface area contributed by atoms with E-state index >= 15 is 0 Å². The number of pyridine rings is 2. The molecule has 0 aromatic carbocycles. The van der Waals surface area contributed by atoms with Gasteiger partial charge in [0.25, 0.3) is 6.04 Å². The molecule has 0 saturated heterocycles. The van der Waals surface area contributed by atoms with E-state index in [0.717, 1.165) is 5.70 Å². The monoisotopic (exact) mass is 318 g/mol. The molecule has 4 heterocycles. The highest BCUT2D eigenvalue weighted by atomic mass is 16.6. The number of hydrogen-bond donors (Lipinski definition) is 0. The summed E-state index contributed by atoms with van der Waals surface area (Å²) in [5.41, 5.74) is 2.64. The van der Waals surface area contributed by atoms with Crippen LogP contribution >= 0.6 is 0 Å². The van der Waals surface area contributed by atoms with Crippen molar-refractivity contribution in [3.63, 3.8) is 0 Å². The van der Waals surface area contributed by atoms with E-state index in [-0.39, 0.29) is 11.0 Å². The lowest BCUT2D eigenvalue weighted by molar-refractivity contribution is -0.508. The maximum Gasteiger partial charge on any atom is 0.266 e. The molecule has 2 unspecified atom stereocenters. The summed E-state index contributed by atoms with van der Waals surface area (Å²) in [4.78, 5) is 22.3. The third-order valence-corrected chi connectivity index (χ3v) is 4.20. The summed E-state index contributed by atoms with van der Waals surface area (Å²) in [5.74, 6) is 0. The van der Waals surface area contributed by atoms with Crippen molar-refractivity contribution in [1.82, 2.24) is 14.9 Å². The average molecular weight is 318 g/mol. The minimum atomic E-state index is -0.891. The minimum absolute atomic E-state index is 0.235. The molecular weight excluding hydrogens is 304 g/mol. The number of hydrogen-bond acceptors (Lipinski definition) is 5. The molecule has 0 bridgehead atoms. The van der Waals surface area contributed by atoms with Crippen LogP contribution in [0.3, 0.4) is 0 Å². The van der Waals surface area contributed by atoms with Crippen LogP contribution in [0.25, 0.3) is 11.3 Å². The minimum Gasteiger partial charge on any atom is -0.331 e. The third-order valence-electron chi connectivity index (χ3n) is 4.20. The Morgan fingerprint density at radius 3 is 2.33 bits per heavy atom. The van der Waals surface area contributed by atoms with E-state index in [1.807, 2.05) is 53.6 Å². The van der Waals surface area contributed by atoms with E-state index in [1.54, 1.807) is 24.5 Å². The Morgan fingerprint density at radius 2 is 1.71 bits per heavy atom. The summed E-state index contributed by atoms with van der Waals surface area (Å²) >= 11 is 0. The lowest BCUT2D eigenvalue weighted by Gasteiger charge is -2.25. The number of nitro groups is 1. The van der Waals surface area contributed by atoms with Gasteiger partial charge < -0.3 is 4.90 Å². The predicted molar refractivity (Wildman–Crippen MR) is 90.0 cm³/mol. The summed E-state index contributed by atoms with van der Waals surface area (Å²) in [6.45, 7) is 0. The molecule has 118 valence electrons. The molecule has 0 amide bonds. The summed E-state index contributed by atoms with van der Waals surface area (Å²) in [6.07, 6.45) is 10.8. The normalized spacial score (nSPS) is 21.9. The number of aromatic nitrogens is 2. The van der Waals surface area contributed by atoms with Gasteiger partial charge in [0.1, 0.15) is 6.04 Å². The second-order valence-electron chi connectivity index (χ2n) is 5.55. The second-order valence-corrected chi connectivity index (χ2v) is 5.55. The SMILES string of the molecule is O=[N+]([O-])C1C(c2ccccn2)=C(c2ccccn2)N2C=CC=CC12. The van der Waals surface area contributed by atoms with Crippen LogP contribution in [0.4, 0.5) is 0 Å². The molecule has 2 aliphatic rings. The first-order valence-electron chi connectivity index (χ1n) is 7.61. The Labute approximate surface area is 138 Å². The van der Waals surface area contributed by atoms with Crippen LogP contribution < -0.4 is 0 Å². The molecule has 0 radical (unpaired) electrons. The van der Waals surface area contributed by atoms with E-state index in [0.29, 0.717) is 17.0 Å². The van der Waals surface area contributed by atoms with Crippen molar-refractivity contribution in [3.8, 4) is 0 Å². The molecule has 0 fully saturated rings. The van der Waals surface area contributed by atoms with Gasteiger partial charge in [0.05, 0.1) is 22.7 Å². The topological polar surface area (TPSA) is 72.2 Å². The third kappa shape index (κ3) is 2.20. The van der Waals surface area contributed by atoms with Crippen LogP contribution in [-0.2, 0) is 0 Å². The number of allylic oxidation sites excluding steroid dienone is 2. The highest BCUT2D eigenvalue weighted by Crippen LogP contribution is 2.42. The molecule has 2 aromatic heterocycles. The van der Waals surface area contributed by atoms with E-state index in [9.17, 15) is 10.1 Å². The first kappa shape index (κ1) is 14.3. The number of fused-ring (bicyclic) bond motifs is 1. The van der Waals surface area contributed by atoms with Gasteiger partial charge in [-0.05, 0) is 30.3 Å². The molecule has 0 N–H and O–H groups in total. The van der Waals surface area contributed by atoms with Crippen LogP contribution in [0.15, 0.2) is 73.2 Å². The first-order valence-corrected chi connectivity index (χ1v) is 7.61. The average Bonchev–Trinajstić information content (AvgIpc) is 2.98. The van der Waals surface area contributed by atoms with Crippen LogP contribution in [0, 0.1) is 10.1 Å². The quantitative estimate of drug-likeness (QED) is 0.643. The van der Waals surface area contributed by atoms with Crippen LogP contribution in [0.1, 0.15) is 11.4 Å². The Balaban J connectivity index is 2.00. The standard InChI is InChI=1S/C18H14N4O2/c23-22(24)18-15-9-3-6-12-21(15)17(14-8-2-5-11-20-14)16(18)13-7-1-4-10-19-13/h1-12,15,18H.